The van der Waals surface area contributed by atoms with Crippen LogP contribution in [0.2, 0.25) is 0 Å². The zero-order chi connectivity index (χ0) is 16.8. The number of nitrogens with zero attached hydrogens (tertiary/aromatic N) is 5. The lowest BCUT2D eigenvalue weighted by Gasteiger charge is -2.20. The van der Waals surface area contributed by atoms with E-state index in [1.165, 1.54) is 0 Å². The van der Waals surface area contributed by atoms with Crippen molar-refractivity contribution >= 4 is 11.6 Å². The number of hydrogen-bond donors (Lipinski definition) is 0. The smallest absolute Gasteiger partial charge is 0.252 e. The molecule has 1 aliphatic carbocycles. The average Bonchev–Trinajstić information content (AvgIpc) is 3.30. The third kappa shape index (κ3) is 2.32. The first-order valence-electron chi connectivity index (χ1n) is 8.01. The molecule has 4 heterocycles. The van der Waals surface area contributed by atoms with E-state index in [9.17, 15) is 4.79 Å². The van der Waals surface area contributed by atoms with Crippen LogP contribution in [0, 0.1) is 0 Å². The van der Waals surface area contributed by atoms with E-state index in [1.54, 1.807) is 29.4 Å². The van der Waals surface area contributed by atoms with Crippen LogP contribution in [0.4, 0.5) is 0 Å². The lowest BCUT2D eigenvalue weighted by atomic mass is 9.85. The number of Topliss-reactive ketones (excluding diaryl/α,β-unsaturated/α-hetero) is 1. The number of rotatable bonds is 2. The lowest BCUT2D eigenvalue weighted by Crippen LogP contribution is -2.21. The van der Waals surface area contributed by atoms with Gasteiger partial charge in [-0.1, -0.05) is 0 Å². The van der Waals surface area contributed by atoms with Gasteiger partial charge < -0.3 is 4.42 Å². The molecule has 0 bridgehead atoms. The Bertz CT molecular complexity index is 1070. The van der Waals surface area contributed by atoms with Crippen LogP contribution < -0.4 is 0 Å². The summed E-state index contributed by atoms with van der Waals surface area (Å²) >= 11 is 0. The van der Waals surface area contributed by atoms with E-state index in [0.29, 0.717) is 30.0 Å². The van der Waals surface area contributed by atoms with E-state index in [1.807, 2.05) is 24.3 Å². The first-order valence-corrected chi connectivity index (χ1v) is 8.01. The van der Waals surface area contributed by atoms with Gasteiger partial charge in [0.1, 0.15) is 5.76 Å². The molecule has 4 aromatic heterocycles. The fourth-order valence-electron chi connectivity index (χ4n) is 3.23. The first kappa shape index (κ1) is 14.0. The van der Waals surface area contributed by atoms with Crippen molar-refractivity contribution < 1.29 is 9.21 Å². The number of furan rings is 1. The highest BCUT2D eigenvalue weighted by Gasteiger charge is 2.30. The van der Waals surface area contributed by atoms with Crippen LogP contribution in [-0.2, 0) is 6.42 Å². The molecule has 0 aromatic carbocycles. The van der Waals surface area contributed by atoms with Gasteiger partial charge in [-0.2, -0.15) is 4.98 Å². The molecule has 0 unspecified atom stereocenters. The fourth-order valence-corrected chi connectivity index (χ4v) is 3.23. The molecule has 0 radical (unpaired) electrons. The summed E-state index contributed by atoms with van der Waals surface area (Å²) < 4.78 is 7.03. The Morgan fingerprint density at radius 3 is 2.92 bits per heavy atom. The monoisotopic (exact) mass is 331 g/mol. The van der Waals surface area contributed by atoms with Crippen molar-refractivity contribution in [3.63, 3.8) is 0 Å². The number of carbonyl (C=O) groups is 1. The Labute approximate surface area is 142 Å². The SMILES string of the molecule is O=C1C[C@@H](c2ccco2)Cc2nc3nc(-c4cccnc4)nn3cc21. The maximum atomic E-state index is 12.6. The van der Waals surface area contributed by atoms with Gasteiger partial charge in [0, 0.05) is 42.9 Å². The zero-order valence-electron chi connectivity index (χ0n) is 13.2. The molecule has 4 aromatic rings. The van der Waals surface area contributed by atoms with Gasteiger partial charge in [0.2, 0.25) is 0 Å². The van der Waals surface area contributed by atoms with Crippen LogP contribution in [-0.4, -0.2) is 30.3 Å². The highest BCUT2D eigenvalue weighted by atomic mass is 16.3. The average molecular weight is 331 g/mol. The van der Waals surface area contributed by atoms with Gasteiger partial charge in [-0.25, -0.2) is 9.50 Å². The molecule has 0 N–H and O–H groups in total. The Kier molecular flexibility index (Phi) is 3.00. The molecule has 0 amide bonds. The largest absolute Gasteiger partial charge is 0.469 e. The maximum absolute atomic E-state index is 12.6. The molecule has 1 aliphatic rings. The molecule has 0 saturated heterocycles. The van der Waals surface area contributed by atoms with Gasteiger partial charge in [-0.3, -0.25) is 9.78 Å². The summed E-state index contributed by atoms with van der Waals surface area (Å²) in [5, 5.41) is 4.43. The summed E-state index contributed by atoms with van der Waals surface area (Å²) in [5.41, 5.74) is 2.17. The summed E-state index contributed by atoms with van der Waals surface area (Å²) in [4.78, 5) is 25.7. The second kappa shape index (κ2) is 5.34. The molecule has 5 rings (SSSR count). The minimum Gasteiger partial charge on any atom is -0.469 e. The molecule has 122 valence electrons. The van der Waals surface area contributed by atoms with Crippen LogP contribution in [0.5, 0.6) is 0 Å². The van der Waals surface area contributed by atoms with E-state index >= 15 is 0 Å². The summed E-state index contributed by atoms with van der Waals surface area (Å²) in [6.07, 6.45) is 7.82. The molecular formula is C18H13N5O2. The predicted molar refractivity (Wildman–Crippen MR) is 88.1 cm³/mol. The molecule has 0 spiro atoms. The quantitative estimate of drug-likeness (QED) is 0.561. The van der Waals surface area contributed by atoms with Crippen molar-refractivity contribution in [3.05, 3.63) is 66.1 Å². The molecule has 0 aliphatic heterocycles. The first-order chi connectivity index (χ1) is 12.3. The lowest BCUT2D eigenvalue weighted by molar-refractivity contribution is 0.0958. The van der Waals surface area contributed by atoms with Gasteiger partial charge in [0.25, 0.3) is 5.78 Å². The highest BCUT2D eigenvalue weighted by molar-refractivity contribution is 5.98. The number of fused-ring (bicyclic) bond motifs is 2. The minimum atomic E-state index is 0.0191. The number of ketones is 1. The highest BCUT2D eigenvalue weighted by Crippen LogP contribution is 2.32. The van der Waals surface area contributed by atoms with E-state index in [4.69, 9.17) is 4.42 Å². The van der Waals surface area contributed by atoms with Crippen molar-refractivity contribution in [2.45, 2.75) is 18.8 Å². The van der Waals surface area contributed by atoms with E-state index in [-0.39, 0.29) is 11.7 Å². The number of aromatic nitrogens is 5. The van der Waals surface area contributed by atoms with Crippen LogP contribution in [0.25, 0.3) is 17.2 Å². The van der Waals surface area contributed by atoms with Crippen molar-refractivity contribution in [2.24, 2.45) is 0 Å². The maximum Gasteiger partial charge on any atom is 0.252 e. The molecule has 25 heavy (non-hydrogen) atoms. The van der Waals surface area contributed by atoms with Crippen molar-refractivity contribution in [1.29, 1.82) is 0 Å². The Hall–Kier alpha value is -3.35. The van der Waals surface area contributed by atoms with Gasteiger partial charge in [0.15, 0.2) is 11.6 Å². The van der Waals surface area contributed by atoms with Crippen molar-refractivity contribution in [2.75, 3.05) is 0 Å². The van der Waals surface area contributed by atoms with Gasteiger partial charge in [-0.05, 0) is 24.3 Å². The van der Waals surface area contributed by atoms with E-state index < -0.39 is 0 Å². The molecule has 0 fully saturated rings. The van der Waals surface area contributed by atoms with Gasteiger partial charge in [0.05, 0.1) is 17.5 Å². The molecule has 0 saturated carbocycles. The van der Waals surface area contributed by atoms with Crippen LogP contribution in [0.1, 0.15) is 34.2 Å². The molecule has 1 atom stereocenters. The second-order valence-corrected chi connectivity index (χ2v) is 6.07. The number of pyridine rings is 1. The second-order valence-electron chi connectivity index (χ2n) is 6.07. The predicted octanol–water partition coefficient (Wildman–Crippen LogP) is 2.69. The molecule has 7 nitrogen and oxygen atoms in total. The van der Waals surface area contributed by atoms with Crippen LogP contribution >= 0.6 is 0 Å². The van der Waals surface area contributed by atoms with Crippen molar-refractivity contribution in [3.8, 4) is 11.4 Å². The normalized spacial score (nSPS) is 17.0. The molecule has 7 heteroatoms. The Morgan fingerprint density at radius 2 is 2.12 bits per heavy atom. The van der Waals surface area contributed by atoms with Crippen molar-refractivity contribution in [1.82, 2.24) is 24.6 Å². The zero-order valence-corrected chi connectivity index (χ0v) is 13.2. The number of hydrogen-bond acceptors (Lipinski definition) is 6. The van der Waals surface area contributed by atoms with Crippen LogP contribution in [0.15, 0.2) is 53.5 Å². The standard InChI is InChI=1S/C18H13N5O2/c24-15-8-12(16-4-2-6-25-16)7-14-13(15)10-23-18(20-14)21-17(22-23)11-3-1-5-19-9-11/h1-6,9-10,12H,7-8H2/t12-/m0/s1. The third-order valence-corrected chi connectivity index (χ3v) is 4.45. The minimum absolute atomic E-state index is 0.0191. The Morgan fingerprint density at radius 1 is 1.16 bits per heavy atom. The summed E-state index contributed by atoms with van der Waals surface area (Å²) in [7, 11) is 0. The Balaban J connectivity index is 1.59. The topological polar surface area (TPSA) is 86.2 Å². The van der Waals surface area contributed by atoms with Crippen LogP contribution in [0.3, 0.4) is 0 Å². The summed E-state index contributed by atoms with van der Waals surface area (Å²) in [5.74, 6) is 1.91. The summed E-state index contributed by atoms with van der Waals surface area (Å²) in [6, 6.07) is 7.46. The third-order valence-electron chi connectivity index (χ3n) is 4.45. The van der Waals surface area contributed by atoms with Gasteiger partial charge in [-0.15, -0.1) is 5.10 Å². The van der Waals surface area contributed by atoms with E-state index in [0.717, 1.165) is 17.0 Å². The van der Waals surface area contributed by atoms with E-state index in [2.05, 4.69) is 20.1 Å². The summed E-state index contributed by atoms with van der Waals surface area (Å²) in [6.45, 7) is 0. The van der Waals surface area contributed by atoms with Gasteiger partial charge >= 0.3 is 0 Å². The fraction of sp³-hybridized carbons (Fsp3) is 0.167. The number of carbonyl (C=O) groups excluding carboxylic acids is 1. The molecular weight excluding hydrogens is 318 g/mol.